The SMILES string of the molecule is COC(=O)CC1(CSc2ccc(CO)c(C)c2)CC1. The van der Waals surface area contributed by atoms with Gasteiger partial charge in [-0.2, -0.15) is 0 Å². The van der Waals surface area contributed by atoms with E-state index < -0.39 is 0 Å². The minimum absolute atomic E-state index is 0.0864. The molecule has 19 heavy (non-hydrogen) atoms. The van der Waals surface area contributed by atoms with Crippen LogP contribution in [0.15, 0.2) is 23.1 Å². The van der Waals surface area contributed by atoms with Gasteiger partial charge in [-0.05, 0) is 48.4 Å². The fourth-order valence-electron chi connectivity index (χ4n) is 2.10. The number of carbonyl (C=O) groups excluding carboxylic acids is 1. The van der Waals surface area contributed by atoms with Gasteiger partial charge in [0.05, 0.1) is 20.1 Å². The van der Waals surface area contributed by atoms with Gasteiger partial charge in [0.1, 0.15) is 0 Å². The van der Waals surface area contributed by atoms with Gasteiger partial charge in [0.2, 0.25) is 0 Å². The third kappa shape index (κ3) is 3.74. The normalized spacial score (nSPS) is 16.2. The Balaban J connectivity index is 1.92. The highest BCUT2D eigenvalue weighted by Gasteiger charge is 2.44. The number of aryl methyl sites for hydroxylation is 1. The number of aliphatic hydroxyl groups excluding tert-OH is 1. The van der Waals surface area contributed by atoms with Crippen molar-refractivity contribution in [2.75, 3.05) is 12.9 Å². The van der Waals surface area contributed by atoms with Crippen LogP contribution in [0.4, 0.5) is 0 Å². The highest BCUT2D eigenvalue weighted by molar-refractivity contribution is 7.99. The molecule has 1 aromatic carbocycles. The zero-order chi connectivity index (χ0) is 13.9. The second-order valence-corrected chi connectivity index (χ2v) is 6.34. The zero-order valence-corrected chi connectivity index (χ0v) is 12.3. The van der Waals surface area contributed by atoms with Crippen LogP contribution in [0.25, 0.3) is 0 Å². The number of ether oxygens (including phenoxy) is 1. The number of benzene rings is 1. The molecule has 0 amide bonds. The van der Waals surface area contributed by atoms with Gasteiger partial charge in [0.25, 0.3) is 0 Å². The lowest BCUT2D eigenvalue weighted by atomic mass is 10.1. The van der Waals surface area contributed by atoms with E-state index in [1.165, 1.54) is 12.0 Å². The molecule has 0 aromatic heterocycles. The van der Waals surface area contributed by atoms with Gasteiger partial charge in [-0.25, -0.2) is 0 Å². The smallest absolute Gasteiger partial charge is 0.306 e. The predicted octanol–water partition coefficient (Wildman–Crippen LogP) is 2.92. The largest absolute Gasteiger partial charge is 0.469 e. The number of aliphatic hydroxyl groups is 1. The van der Waals surface area contributed by atoms with Gasteiger partial charge in [0.15, 0.2) is 0 Å². The van der Waals surface area contributed by atoms with Crippen LogP contribution in [0.1, 0.15) is 30.4 Å². The highest BCUT2D eigenvalue weighted by Crippen LogP contribution is 2.52. The molecule has 0 radical (unpaired) electrons. The van der Waals surface area contributed by atoms with E-state index in [1.54, 1.807) is 11.8 Å². The van der Waals surface area contributed by atoms with Crippen molar-refractivity contribution in [3.63, 3.8) is 0 Å². The van der Waals surface area contributed by atoms with E-state index in [0.717, 1.165) is 29.7 Å². The summed E-state index contributed by atoms with van der Waals surface area (Å²) in [6.07, 6.45) is 2.76. The number of methoxy groups -OCH3 is 1. The molecule has 3 nitrogen and oxygen atoms in total. The molecule has 0 spiro atoms. The minimum Gasteiger partial charge on any atom is -0.469 e. The first-order valence-electron chi connectivity index (χ1n) is 6.48. The van der Waals surface area contributed by atoms with Crippen LogP contribution in [0, 0.1) is 12.3 Å². The number of hydrogen-bond acceptors (Lipinski definition) is 4. The molecule has 1 aliphatic rings. The molecule has 2 rings (SSSR count). The van der Waals surface area contributed by atoms with Gasteiger partial charge in [0, 0.05) is 10.6 Å². The molecule has 0 aliphatic heterocycles. The van der Waals surface area contributed by atoms with E-state index >= 15 is 0 Å². The van der Waals surface area contributed by atoms with E-state index in [0.29, 0.717) is 6.42 Å². The summed E-state index contributed by atoms with van der Waals surface area (Å²) in [5.41, 5.74) is 2.24. The molecule has 1 saturated carbocycles. The third-order valence-corrected chi connectivity index (χ3v) is 5.08. The molecule has 1 N–H and O–H groups in total. The Bertz CT molecular complexity index is 466. The zero-order valence-electron chi connectivity index (χ0n) is 11.4. The van der Waals surface area contributed by atoms with E-state index in [9.17, 15) is 4.79 Å². The van der Waals surface area contributed by atoms with E-state index in [-0.39, 0.29) is 18.0 Å². The van der Waals surface area contributed by atoms with Crippen LogP contribution in [0.2, 0.25) is 0 Å². The molecule has 1 aromatic rings. The van der Waals surface area contributed by atoms with Gasteiger partial charge >= 0.3 is 5.97 Å². The van der Waals surface area contributed by atoms with Crippen LogP contribution in [0.3, 0.4) is 0 Å². The third-order valence-electron chi connectivity index (χ3n) is 3.73. The molecule has 104 valence electrons. The first kappa shape index (κ1) is 14.4. The molecule has 1 aliphatic carbocycles. The van der Waals surface area contributed by atoms with Gasteiger partial charge < -0.3 is 9.84 Å². The molecule has 0 saturated heterocycles. The summed E-state index contributed by atoms with van der Waals surface area (Å²) >= 11 is 1.79. The second-order valence-electron chi connectivity index (χ2n) is 5.29. The Kier molecular flexibility index (Phi) is 4.53. The molecule has 4 heteroatoms. The predicted molar refractivity (Wildman–Crippen MR) is 76.1 cm³/mol. The Hall–Kier alpha value is -1.00. The lowest BCUT2D eigenvalue weighted by molar-refractivity contribution is -0.141. The van der Waals surface area contributed by atoms with Crippen LogP contribution in [-0.2, 0) is 16.1 Å². The molecule has 1 fully saturated rings. The van der Waals surface area contributed by atoms with Crippen LogP contribution < -0.4 is 0 Å². The van der Waals surface area contributed by atoms with Crippen molar-refractivity contribution in [2.24, 2.45) is 5.41 Å². The first-order chi connectivity index (χ1) is 9.08. The number of esters is 1. The van der Waals surface area contributed by atoms with Crippen molar-refractivity contribution in [3.05, 3.63) is 29.3 Å². The Morgan fingerprint density at radius 1 is 1.47 bits per heavy atom. The average molecular weight is 280 g/mol. The first-order valence-corrected chi connectivity index (χ1v) is 7.47. The summed E-state index contributed by atoms with van der Waals surface area (Å²) in [6, 6.07) is 6.11. The molecule has 0 bridgehead atoms. The summed E-state index contributed by atoms with van der Waals surface area (Å²) in [5, 5.41) is 9.15. The van der Waals surface area contributed by atoms with Crippen LogP contribution in [0.5, 0.6) is 0 Å². The monoisotopic (exact) mass is 280 g/mol. The van der Waals surface area contributed by atoms with E-state index in [4.69, 9.17) is 9.84 Å². The summed E-state index contributed by atoms with van der Waals surface area (Å²) in [7, 11) is 1.45. The van der Waals surface area contributed by atoms with Gasteiger partial charge in [-0.3, -0.25) is 4.79 Å². The minimum atomic E-state index is -0.107. The van der Waals surface area contributed by atoms with Crippen LogP contribution >= 0.6 is 11.8 Å². The maximum Gasteiger partial charge on any atom is 0.306 e. The number of thioether (sulfide) groups is 1. The van der Waals surface area contributed by atoms with Crippen molar-refractivity contribution in [1.29, 1.82) is 0 Å². The maximum atomic E-state index is 11.4. The molecule has 0 atom stereocenters. The van der Waals surface area contributed by atoms with Crippen molar-refractivity contribution in [1.82, 2.24) is 0 Å². The van der Waals surface area contributed by atoms with E-state index in [1.807, 2.05) is 19.1 Å². The maximum absolute atomic E-state index is 11.4. The van der Waals surface area contributed by atoms with Crippen molar-refractivity contribution in [2.45, 2.75) is 37.7 Å². The lowest BCUT2D eigenvalue weighted by Crippen LogP contribution is -2.12. The summed E-state index contributed by atoms with van der Waals surface area (Å²) < 4.78 is 4.75. The quantitative estimate of drug-likeness (QED) is 0.643. The summed E-state index contributed by atoms with van der Waals surface area (Å²) in [4.78, 5) is 12.6. The van der Waals surface area contributed by atoms with E-state index in [2.05, 4.69) is 6.07 Å². The van der Waals surface area contributed by atoms with Gasteiger partial charge in [-0.1, -0.05) is 6.07 Å². The molecule has 0 heterocycles. The standard InChI is InChI=1S/C15H20O3S/c1-11-7-13(4-3-12(11)9-16)19-10-15(5-6-15)8-14(17)18-2/h3-4,7,16H,5-6,8-10H2,1-2H3. The van der Waals surface area contributed by atoms with Crippen LogP contribution in [-0.4, -0.2) is 23.9 Å². The summed E-state index contributed by atoms with van der Waals surface area (Å²) in [5.74, 6) is 0.852. The Morgan fingerprint density at radius 2 is 2.21 bits per heavy atom. The second kappa shape index (κ2) is 5.97. The molecular formula is C15H20O3S. The fraction of sp³-hybridized carbons (Fsp3) is 0.533. The summed E-state index contributed by atoms with van der Waals surface area (Å²) in [6.45, 7) is 2.10. The number of rotatable bonds is 6. The van der Waals surface area contributed by atoms with Crippen molar-refractivity contribution in [3.8, 4) is 0 Å². The topological polar surface area (TPSA) is 46.5 Å². The van der Waals surface area contributed by atoms with Gasteiger partial charge in [-0.15, -0.1) is 11.8 Å². The Morgan fingerprint density at radius 3 is 2.74 bits per heavy atom. The fourth-order valence-corrected chi connectivity index (χ4v) is 3.39. The number of carbonyl (C=O) groups is 1. The lowest BCUT2D eigenvalue weighted by Gasteiger charge is -2.13. The van der Waals surface area contributed by atoms with Crippen molar-refractivity contribution < 1.29 is 14.6 Å². The van der Waals surface area contributed by atoms with Crippen molar-refractivity contribution >= 4 is 17.7 Å². The molecule has 0 unspecified atom stereocenters. The molecular weight excluding hydrogens is 260 g/mol. The highest BCUT2D eigenvalue weighted by atomic mass is 32.2. The average Bonchev–Trinajstić information content (AvgIpc) is 3.16. The Labute approximate surface area is 118 Å². The number of hydrogen-bond donors (Lipinski definition) is 1.